The van der Waals surface area contributed by atoms with E-state index >= 15 is 0 Å². The van der Waals surface area contributed by atoms with Crippen molar-refractivity contribution in [2.45, 2.75) is 103 Å². The van der Waals surface area contributed by atoms with Gasteiger partial charge in [-0.15, -0.1) is 0 Å². The molecule has 1 aliphatic rings. The van der Waals surface area contributed by atoms with E-state index in [-0.39, 0.29) is 5.91 Å². The van der Waals surface area contributed by atoms with Crippen LogP contribution in [0, 0.1) is 0 Å². The number of ether oxygens (including phenoxy) is 1. The van der Waals surface area contributed by atoms with Crippen LogP contribution in [-0.4, -0.2) is 30.7 Å². The van der Waals surface area contributed by atoms with Gasteiger partial charge in [0, 0.05) is 18.0 Å². The molecular formula is C32H48N2O2. The van der Waals surface area contributed by atoms with Crippen LogP contribution in [0.3, 0.4) is 0 Å². The lowest BCUT2D eigenvalue weighted by atomic mass is 9.90. The number of nitrogens with zero attached hydrogens (tertiary/aromatic N) is 1. The van der Waals surface area contributed by atoms with Gasteiger partial charge in [0.2, 0.25) is 5.91 Å². The number of allylic oxidation sites excluding steroid dienone is 4. The van der Waals surface area contributed by atoms with Crippen molar-refractivity contribution in [3.05, 3.63) is 54.3 Å². The Bertz CT molecular complexity index is 966. The maximum Gasteiger partial charge on any atom is 0.231 e. The van der Waals surface area contributed by atoms with Crippen LogP contribution in [0.5, 0.6) is 5.75 Å². The van der Waals surface area contributed by atoms with Crippen molar-refractivity contribution in [2.24, 2.45) is 0 Å². The Kier molecular flexibility index (Phi) is 12.9. The average molecular weight is 493 g/mol. The number of fused-ring (bicyclic) bond motifs is 1. The topological polar surface area (TPSA) is 43.3 Å². The largest absolute Gasteiger partial charge is 0.497 e. The number of piperidine rings is 1. The molecule has 0 aliphatic carbocycles. The summed E-state index contributed by atoms with van der Waals surface area (Å²) in [6, 6.07) is 6.12. The third kappa shape index (κ3) is 8.96. The summed E-state index contributed by atoms with van der Waals surface area (Å²) >= 11 is 0. The van der Waals surface area contributed by atoms with Crippen LogP contribution in [0.2, 0.25) is 0 Å². The van der Waals surface area contributed by atoms with Crippen molar-refractivity contribution in [1.82, 2.24) is 9.88 Å². The van der Waals surface area contributed by atoms with E-state index < -0.39 is 0 Å². The second kappa shape index (κ2) is 16.4. The molecule has 1 fully saturated rings. The highest BCUT2D eigenvalue weighted by Gasteiger charge is 2.22. The Labute approximate surface area is 219 Å². The number of carbonyl (C=O) groups excluding carboxylic acids is 1. The SMILES string of the molecule is CCCCC/C=C\C/C=C\CCCCCCCC(=O)n1cc(C2CCNCC2)c2cc(OC)ccc21. The molecule has 0 radical (unpaired) electrons. The van der Waals surface area contributed by atoms with Crippen LogP contribution in [-0.2, 0) is 0 Å². The summed E-state index contributed by atoms with van der Waals surface area (Å²) in [6.45, 7) is 4.34. The number of carbonyl (C=O) groups is 1. The van der Waals surface area contributed by atoms with Gasteiger partial charge < -0.3 is 10.1 Å². The van der Waals surface area contributed by atoms with E-state index in [9.17, 15) is 4.79 Å². The molecule has 36 heavy (non-hydrogen) atoms. The van der Waals surface area contributed by atoms with Crippen LogP contribution in [0.25, 0.3) is 10.9 Å². The van der Waals surface area contributed by atoms with E-state index in [4.69, 9.17) is 4.74 Å². The highest BCUT2D eigenvalue weighted by Crippen LogP contribution is 2.35. The van der Waals surface area contributed by atoms with Crippen molar-refractivity contribution in [3.63, 3.8) is 0 Å². The Balaban J connectivity index is 1.38. The number of hydrogen-bond donors (Lipinski definition) is 1. The fourth-order valence-corrected chi connectivity index (χ4v) is 5.23. The summed E-state index contributed by atoms with van der Waals surface area (Å²) in [5.74, 6) is 1.58. The monoisotopic (exact) mass is 492 g/mol. The van der Waals surface area contributed by atoms with Crippen molar-refractivity contribution >= 4 is 16.8 Å². The fraction of sp³-hybridized carbons (Fsp3) is 0.594. The quantitative estimate of drug-likeness (QED) is 0.188. The van der Waals surface area contributed by atoms with Gasteiger partial charge in [-0.05, 0) is 94.1 Å². The highest BCUT2D eigenvalue weighted by molar-refractivity contribution is 5.95. The van der Waals surface area contributed by atoms with Gasteiger partial charge in [0.1, 0.15) is 5.75 Å². The number of methoxy groups -OCH3 is 1. The molecule has 2 aromatic rings. The van der Waals surface area contributed by atoms with Crippen molar-refractivity contribution in [1.29, 1.82) is 0 Å². The standard InChI is InChI=1S/C32H48N2O2/c1-3-4-5-6-7-8-9-10-11-12-13-14-15-16-17-18-32(35)34-26-30(27-21-23-33-24-22-27)29-25-28(36-2)19-20-31(29)34/h7-8,10-11,19-20,25-27,33H,3-6,9,12-18,21-24H2,1-2H3/b8-7-,11-10-. The number of aromatic nitrogens is 1. The molecular weight excluding hydrogens is 444 g/mol. The third-order valence-electron chi connectivity index (χ3n) is 7.43. The molecule has 4 heteroatoms. The molecule has 0 unspecified atom stereocenters. The Morgan fingerprint density at radius 1 is 0.972 bits per heavy atom. The van der Waals surface area contributed by atoms with Gasteiger partial charge in [0.25, 0.3) is 0 Å². The van der Waals surface area contributed by atoms with Crippen LogP contribution >= 0.6 is 0 Å². The minimum absolute atomic E-state index is 0.219. The zero-order valence-electron chi connectivity index (χ0n) is 22.8. The van der Waals surface area contributed by atoms with Crippen LogP contribution < -0.4 is 10.1 Å². The maximum absolute atomic E-state index is 13.1. The molecule has 0 amide bonds. The zero-order valence-corrected chi connectivity index (χ0v) is 22.8. The molecule has 0 spiro atoms. The normalized spacial score (nSPS) is 14.9. The van der Waals surface area contributed by atoms with Crippen LogP contribution in [0.1, 0.15) is 113 Å². The minimum Gasteiger partial charge on any atom is -0.497 e. The molecule has 1 saturated heterocycles. The minimum atomic E-state index is 0.219. The van der Waals surface area contributed by atoms with Crippen molar-refractivity contribution in [2.75, 3.05) is 20.2 Å². The Morgan fingerprint density at radius 3 is 2.39 bits per heavy atom. The van der Waals surface area contributed by atoms with E-state index in [2.05, 4.69) is 48.8 Å². The van der Waals surface area contributed by atoms with Gasteiger partial charge in [0.05, 0.1) is 12.6 Å². The molecule has 0 saturated carbocycles. The average Bonchev–Trinajstić information content (AvgIpc) is 3.30. The smallest absolute Gasteiger partial charge is 0.231 e. The van der Waals surface area contributed by atoms with Gasteiger partial charge in [-0.25, -0.2) is 0 Å². The first kappa shape index (κ1) is 28.2. The van der Waals surface area contributed by atoms with Gasteiger partial charge in [-0.2, -0.15) is 0 Å². The summed E-state index contributed by atoms with van der Waals surface area (Å²) < 4.78 is 7.39. The predicted octanol–water partition coefficient (Wildman–Crippen LogP) is 8.57. The summed E-state index contributed by atoms with van der Waals surface area (Å²) in [4.78, 5) is 13.1. The molecule has 1 N–H and O–H groups in total. The number of benzene rings is 1. The lowest BCUT2D eigenvalue weighted by molar-refractivity contribution is 0.0904. The molecule has 0 bridgehead atoms. The number of hydrogen-bond acceptors (Lipinski definition) is 3. The van der Waals surface area contributed by atoms with E-state index in [0.29, 0.717) is 12.3 Å². The van der Waals surface area contributed by atoms with E-state index in [0.717, 1.165) is 56.5 Å². The van der Waals surface area contributed by atoms with Crippen LogP contribution in [0.4, 0.5) is 0 Å². The van der Waals surface area contributed by atoms with E-state index in [1.165, 1.54) is 62.3 Å². The molecule has 198 valence electrons. The summed E-state index contributed by atoms with van der Waals surface area (Å²) in [5.41, 5.74) is 2.33. The molecule has 1 aromatic carbocycles. The Hall–Kier alpha value is -2.33. The lowest BCUT2D eigenvalue weighted by Crippen LogP contribution is -2.26. The summed E-state index contributed by atoms with van der Waals surface area (Å²) in [5, 5.41) is 4.63. The third-order valence-corrected chi connectivity index (χ3v) is 7.43. The first-order chi connectivity index (χ1) is 17.7. The van der Waals surface area contributed by atoms with Gasteiger partial charge >= 0.3 is 0 Å². The fourth-order valence-electron chi connectivity index (χ4n) is 5.23. The van der Waals surface area contributed by atoms with Gasteiger partial charge in [0.15, 0.2) is 0 Å². The second-order valence-corrected chi connectivity index (χ2v) is 10.2. The van der Waals surface area contributed by atoms with E-state index in [1.807, 2.05) is 16.7 Å². The zero-order chi connectivity index (χ0) is 25.4. The van der Waals surface area contributed by atoms with E-state index in [1.54, 1.807) is 7.11 Å². The van der Waals surface area contributed by atoms with Crippen molar-refractivity contribution in [3.8, 4) is 5.75 Å². The van der Waals surface area contributed by atoms with Crippen LogP contribution in [0.15, 0.2) is 48.7 Å². The molecule has 1 aromatic heterocycles. The molecule has 0 atom stereocenters. The predicted molar refractivity (Wildman–Crippen MR) is 153 cm³/mol. The molecule has 1 aliphatic heterocycles. The summed E-state index contributed by atoms with van der Waals surface area (Å²) in [6.07, 6.45) is 27.4. The molecule has 2 heterocycles. The van der Waals surface area contributed by atoms with Crippen molar-refractivity contribution < 1.29 is 9.53 Å². The molecule has 3 rings (SSSR count). The summed E-state index contributed by atoms with van der Waals surface area (Å²) in [7, 11) is 1.71. The first-order valence-corrected chi connectivity index (χ1v) is 14.5. The number of unbranched alkanes of at least 4 members (excludes halogenated alkanes) is 8. The number of nitrogens with one attached hydrogen (secondary N) is 1. The maximum atomic E-state index is 13.1. The molecule has 4 nitrogen and oxygen atoms in total. The van der Waals surface area contributed by atoms with Gasteiger partial charge in [-0.1, -0.05) is 63.3 Å². The highest BCUT2D eigenvalue weighted by atomic mass is 16.5. The number of rotatable bonds is 16. The Morgan fingerprint density at radius 2 is 1.67 bits per heavy atom. The second-order valence-electron chi connectivity index (χ2n) is 10.2. The van der Waals surface area contributed by atoms with Gasteiger partial charge in [-0.3, -0.25) is 9.36 Å². The lowest BCUT2D eigenvalue weighted by Gasteiger charge is -2.22. The first-order valence-electron chi connectivity index (χ1n) is 14.5.